The molecular formula is C15H17NO4. The molecular weight excluding hydrogens is 258 g/mol. The lowest BCUT2D eigenvalue weighted by molar-refractivity contribution is -0.143. The average molecular weight is 275 g/mol. The van der Waals surface area contributed by atoms with E-state index in [0.717, 1.165) is 4.90 Å². The van der Waals surface area contributed by atoms with Gasteiger partial charge in [-0.2, -0.15) is 0 Å². The highest BCUT2D eigenvalue weighted by Crippen LogP contribution is 2.16. The lowest BCUT2D eigenvalue weighted by atomic mass is 10.1. The zero-order chi connectivity index (χ0) is 14.5. The maximum atomic E-state index is 12.2. The number of ketones is 1. The minimum Gasteiger partial charge on any atom is -0.497 e. The summed E-state index contributed by atoms with van der Waals surface area (Å²) in [5.41, 5.74) is 0.439. The number of likely N-dealkylation sites (tertiary alicyclic amines) is 1. The smallest absolute Gasteiger partial charge is 0.229 e. The first kappa shape index (κ1) is 14.2. The maximum Gasteiger partial charge on any atom is 0.229 e. The molecule has 0 unspecified atom stereocenters. The van der Waals surface area contributed by atoms with E-state index in [4.69, 9.17) is 4.74 Å². The normalized spacial score (nSPS) is 15.9. The van der Waals surface area contributed by atoms with E-state index in [1.165, 1.54) is 7.11 Å². The Morgan fingerprint density at radius 2 is 1.85 bits per heavy atom. The summed E-state index contributed by atoms with van der Waals surface area (Å²) >= 11 is 0. The van der Waals surface area contributed by atoms with Gasteiger partial charge in [-0.15, -0.1) is 0 Å². The molecule has 0 saturated carbocycles. The molecule has 2 rings (SSSR count). The fourth-order valence-electron chi connectivity index (χ4n) is 2.17. The van der Waals surface area contributed by atoms with Gasteiger partial charge in [-0.3, -0.25) is 19.3 Å². The van der Waals surface area contributed by atoms with Gasteiger partial charge < -0.3 is 4.74 Å². The fourth-order valence-corrected chi connectivity index (χ4v) is 2.17. The number of hydrogen-bond acceptors (Lipinski definition) is 4. The standard InChI is InChI=1S/C15H17NO4/c1-20-12-6-4-5-11(9-12)13(17)10-16-14(18)7-2-3-8-15(16)19/h4-6,9H,2-3,7-8,10H2,1H3. The summed E-state index contributed by atoms with van der Waals surface area (Å²) in [4.78, 5) is 36.9. The molecule has 5 heteroatoms. The van der Waals surface area contributed by atoms with Crippen molar-refractivity contribution in [1.29, 1.82) is 0 Å². The van der Waals surface area contributed by atoms with Gasteiger partial charge in [0.05, 0.1) is 13.7 Å². The molecule has 5 nitrogen and oxygen atoms in total. The SMILES string of the molecule is COc1cccc(C(=O)CN2C(=O)CCCCC2=O)c1. The van der Waals surface area contributed by atoms with Crippen LogP contribution in [0.25, 0.3) is 0 Å². The molecule has 0 aliphatic carbocycles. The Hall–Kier alpha value is -2.17. The molecule has 1 heterocycles. The molecule has 1 aromatic carbocycles. The third kappa shape index (κ3) is 3.23. The number of carbonyl (C=O) groups excluding carboxylic acids is 3. The highest BCUT2D eigenvalue weighted by Gasteiger charge is 2.26. The van der Waals surface area contributed by atoms with Crippen molar-refractivity contribution in [3.63, 3.8) is 0 Å². The van der Waals surface area contributed by atoms with Crippen molar-refractivity contribution in [3.05, 3.63) is 29.8 Å². The predicted octanol–water partition coefficient (Wildman–Crippen LogP) is 1.81. The lowest BCUT2D eigenvalue weighted by Crippen LogP contribution is -2.39. The maximum absolute atomic E-state index is 12.2. The minimum absolute atomic E-state index is 0.190. The Labute approximate surface area is 117 Å². The van der Waals surface area contributed by atoms with E-state index >= 15 is 0 Å². The average Bonchev–Trinajstić information content (AvgIpc) is 2.62. The molecule has 106 valence electrons. The van der Waals surface area contributed by atoms with Crippen molar-refractivity contribution >= 4 is 17.6 Å². The third-order valence-corrected chi connectivity index (χ3v) is 3.33. The van der Waals surface area contributed by atoms with Crippen LogP contribution in [0.4, 0.5) is 0 Å². The van der Waals surface area contributed by atoms with E-state index in [-0.39, 0.29) is 24.1 Å². The van der Waals surface area contributed by atoms with Gasteiger partial charge in [-0.1, -0.05) is 12.1 Å². The quantitative estimate of drug-likeness (QED) is 0.621. The number of Topliss-reactive ketones (excluding diaryl/α,β-unsaturated/α-hetero) is 1. The summed E-state index contributed by atoms with van der Waals surface area (Å²) in [6.45, 7) is -0.190. The molecule has 1 saturated heterocycles. The van der Waals surface area contributed by atoms with Gasteiger partial charge in [0.25, 0.3) is 0 Å². The first-order chi connectivity index (χ1) is 9.61. The molecule has 1 fully saturated rings. The Bertz CT molecular complexity index is 520. The van der Waals surface area contributed by atoms with E-state index in [2.05, 4.69) is 0 Å². The summed E-state index contributed by atoms with van der Waals surface area (Å²) in [5.74, 6) is -0.204. The number of hydrogen-bond donors (Lipinski definition) is 0. The number of ether oxygens (including phenoxy) is 1. The van der Waals surface area contributed by atoms with E-state index in [0.29, 0.717) is 37.0 Å². The topological polar surface area (TPSA) is 63.7 Å². The summed E-state index contributed by atoms with van der Waals surface area (Å²) in [6, 6.07) is 6.70. The minimum atomic E-state index is -0.260. The number of benzene rings is 1. The molecule has 20 heavy (non-hydrogen) atoms. The van der Waals surface area contributed by atoms with Crippen molar-refractivity contribution < 1.29 is 19.1 Å². The molecule has 1 aromatic rings. The lowest BCUT2D eigenvalue weighted by Gasteiger charge is -2.17. The molecule has 0 spiro atoms. The van der Waals surface area contributed by atoms with Crippen molar-refractivity contribution in [3.8, 4) is 5.75 Å². The van der Waals surface area contributed by atoms with Gasteiger partial charge >= 0.3 is 0 Å². The summed E-state index contributed by atoms with van der Waals surface area (Å²) in [7, 11) is 1.52. The largest absolute Gasteiger partial charge is 0.497 e. The van der Waals surface area contributed by atoms with Crippen LogP contribution >= 0.6 is 0 Å². The highest BCUT2D eigenvalue weighted by atomic mass is 16.5. The van der Waals surface area contributed by atoms with Crippen molar-refractivity contribution in [1.82, 2.24) is 4.90 Å². The van der Waals surface area contributed by atoms with Crippen LogP contribution in [-0.4, -0.2) is 36.2 Å². The van der Waals surface area contributed by atoms with Crippen LogP contribution in [0.3, 0.4) is 0 Å². The Balaban J connectivity index is 2.13. The fraction of sp³-hybridized carbons (Fsp3) is 0.400. The van der Waals surface area contributed by atoms with Gasteiger partial charge in [0.15, 0.2) is 5.78 Å². The van der Waals surface area contributed by atoms with Gasteiger partial charge in [-0.05, 0) is 25.0 Å². The van der Waals surface area contributed by atoms with Crippen LogP contribution in [0.15, 0.2) is 24.3 Å². The van der Waals surface area contributed by atoms with Crippen LogP contribution in [0.1, 0.15) is 36.0 Å². The second-order valence-corrected chi connectivity index (χ2v) is 4.74. The number of nitrogens with zero attached hydrogens (tertiary/aromatic N) is 1. The summed E-state index contributed by atoms with van der Waals surface area (Å²) in [6.07, 6.45) is 2.07. The molecule has 0 atom stereocenters. The van der Waals surface area contributed by atoms with E-state index in [1.54, 1.807) is 24.3 Å². The Kier molecular flexibility index (Phi) is 4.50. The van der Waals surface area contributed by atoms with Crippen molar-refractivity contribution in [2.75, 3.05) is 13.7 Å². The second-order valence-electron chi connectivity index (χ2n) is 4.74. The monoisotopic (exact) mass is 275 g/mol. The number of rotatable bonds is 4. The zero-order valence-corrected chi connectivity index (χ0v) is 11.4. The van der Waals surface area contributed by atoms with Crippen molar-refractivity contribution in [2.45, 2.75) is 25.7 Å². The Morgan fingerprint density at radius 1 is 1.20 bits per heavy atom. The number of imide groups is 1. The zero-order valence-electron chi connectivity index (χ0n) is 11.4. The van der Waals surface area contributed by atoms with Crippen LogP contribution in [0.2, 0.25) is 0 Å². The van der Waals surface area contributed by atoms with Crippen molar-refractivity contribution in [2.24, 2.45) is 0 Å². The molecule has 0 radical (unpaired) electrons. The first-order valence-electron chi connectivity index (χ1n) is 6.62. The predicted molar refractivity (Wildman–Crippen MR) is 72.5 cm³/mol. The van der Waals surface area contributed by atoms with Crippen LogP contribution in [0.5, 0.6) is 5.75 Å². The number of amides is 2. The van der Waals surface area contributed by atoms with Gasteiger partial charge in [-0.25, -0.2) is 0 Å². The summed E-state index contributed by atoms with van der Waals surface area (Å²) in [5, 5.41) is 0. The number of methoxy groups -OCH3 is 1. The van der Waals surface area contributed by atoms with Gasteiger partial charge in [0.1, 0.15) is 5.75 Å². The molecule has 0 aromatic heterocycles. The number of carbonyl (C=O) groups is 3. The second kappa shape index (κ2) is 6.32. The van der Waals surface area contributed by atoms with E-state index < -0.39 is 0 Å². The molecule has 1 aliphatic heterocycles. The first-order valence-corrected chi connectivity index (χ1v) is 6.62. The van der Waals surface area contributed by atoms with Crippen LogP contribution in [-0.2, 0) is 9.59 Å². The van der Waals surface area contributed by atoms with Gasteiger partial charge in [0.2, 0.25) is 11.8 Å². The molecule has 0 N–H and O–H groups in total. The van der Waals surface area contributed by atoms with E-state index in [9.17, 15) is 14.4 Å². The molecule has 2 amide bonds. The van der Waals surface area contributed by atoms with E-state index in [1.807, 2.05) is 0 Å². The summed E-state index contributed by atoms with van der Waals surface area (Å²) < 4.78 is 5.06. The highest BCUT2D eigenvalue weighted by molar-refractivity contribution is 6.05. The van der Waals surface area contributed by atoms with Gasteiger partial charge in [0, 0.05) is 18.4 Å². The third-order valence-electron chi connectivity index (χ3n) is 3.33. The molecule has 1 aliphatic rings. The molecule has 0 bridgehead atoms. The van der Waals surface area contributed by atoms with Crippen LogP contribution < -0.4 is 4.74 Å². The van der Waals surface area contributed by atoms with Crippen LogP contribution in [0, 0.1) is 0 Å². The Morgan fingerprint density at radius 3 is 2.45 bits per heavy atom.